The van der Waals surface area contributed by atoms with Crippen molar-refractivity contribution in [2.75, 3.05) is 13.6 Å². The van der Waals surface area contributed by atoms with Crippen LogP contribution in [0.25, 0.3) is 0 Å². The summed E-state index contributed by atoms with van der Waals surface area (Å²) in [6, 6.07) is 0. The first-order valence-electron chi connectivity index (χ1n) is 2.87. The molecule has 9 heavy (non-hydrogen) atoms. The molecule has 1 aliphatic rings. The van der Waals surface area contributed by atoms with Crippen LogP contribution in [-0.4, -0.2) is 52.2 Å². The topological polar surface area (TPSA) is 63.9 Å². The van der Waals surface area contributed by atoms with Gasteiger partial charge in [-0.1, -0.05) is 0 Å². The van der Waals surface area contributed by atoms with Gasteiger partial charge in [-0.15, -0.1) is 0 Å². The highest BCUT2D eigenvalue weighted by atomic mass is 16.4. The van der Waals surface area contributed by atoms with Gasteiger partial charge in [0.2, 0.25) is 0 Å². The predicted molar refractivity (Wildman–Crippen MR) is 30.7 cm³/mol. The summed E-state index contributed by atoms with van der Waals surface area (Å²) in [6.45, 7) is 0.336. The molecule has 1 heterocycles. The lowest BCUT2D eigenvalue weighted by Gasteiger charge is -2.13. The quantitative estimate of drug-likeness (QED) is 0.356. The van der Waals surface area contributed by atoms with Crippen LogP contribution in [0.3, 0.4) is 0 Å². The molecule has 0 aromatic heterocycles. The monoisotopic (exact) mass is 133 g/mol. The van der Waals surface area contributed by atoms with Gasteiger partial charge in [-0.05, 0) is 7.05 Å². The number of likely N-dealkylation sites (tertiary alicyclic amines) is 1. The van der Waals surface area contributed by atoms with E-state index in [9.17, 15) is 0 Å². The summed E-state index contributed by atoms with van der Waals surface area (Å²) in [4.78, 5) is 1.50. The van der Waals surface area contributed by atoms with E-state index in [1.54, 1.807) is 7.05 Å². The molecule has 1 fully saturated rings. The summed E-state index contributed by atoms with van der Waals surface area (Å²) in [5.74, 6) is 0. The van der Waals surface area contributed by atoms with Gasteiger partial charge in [0.15, 0.2) is 0 Å². The average Bonchev–Trinajstić information content (AvgIpc) is 1.98. The summed E-state index contributed by atoms with van der Waals surface area (Å²) in [5.41, 5.74) is 0. The van der Waals surface area contributed by atoms with Crippen molar-refractivity contribution < 1.29 is 15.3 Å². The van der Waals surface area contributed by atoms with E-state index in [0.29, 0.717) is 6.54 Å². The van der Waals surface area contributed by atoms with E-state index in [4.69, 9.17) is 15.3 Å². The Balaban J connectivity index is 2.54. The molecule has 1 rings (SSSR count). The maximum atomic E-state index is 8.95. The van der Waals surface area contributed by atoms with Gasteiger partial charge < -0.3 is 15.3 Å². The third kappa shape index (κ3) is 1.07. The minimum Gasteiger partial charge on any atom is -0.389 e. The Morgan fingerprint density at radius 1 is 1.33 bits per heavy atom. The normalized spacial score (nSPS) is 46.0. The fourth-order valence-electron chi connectivity index (χ4n) is 0.970. The average molecular weight is 133 g/mol. The van der Waals surface area contributed by atoms with Crippen LogP contribution >= 0.6 is 0 Å². The number of nitrogens with zero attached hydrogens (tertiary/aromatic N) is 1. The van der Waals surface area contributed by atoms with Crippen LogP contribution in [0.5, 0.6) is 0 Å². The first-order chi connectivity index (χ1) is 4.13. The maximum Gasteiger partial charge on any atom is 0.136 e. The number of hydrogen-bond donors (Lipinski definition) is 3. The van der Waals surface area contributed by atoms with Gasteiger partial charge in [-0.25, -0.2) is 0 Å². The lowest BCUT2D eigenvalue weighted by molar-refractivity contribution is -0.0482. The van der Waals surface area contributed by atoms with E-state index in [1.165, 1.54) is 4.90 Å². The molecule has 0 radical (unpaired) electrons. The van der Waals surface area contributed by atoms with Crippen molar-refractivity contribution in [2.45, 2.75) is 18.4 Å². The second-order valence-corrected chi connectivity index (χ2v) is 2.41. The number of β-amino-alcohol motifs (C(OH)–C–C–N with tert-alkyl or cyclic N) is 1. The smallest absolute Gasteiger partial charge is 0.136 e. The number of rotatable bonds is 0. The van der Waals surface area contributed by atoms with Crippen molar-refractivity contribution >= 4 is 0 Å². The largest absolute Gasteiger partial charge is 0.389 e. The fourth-order valence-corrected chi connectivity index (χ4v) is 0.970. The van der Waals surface area contributed by atoms with Crippen LogP contribution in [0.15, 0.2) is 0 Å². The Labute approximate surface area is 53.3 Å². The SMILES string of the molecule is CN1CC(O)C(O)C1O. The molecule has 3 unspecified atom stereocenters. The molecule has 0 saturated carbocycles. The number of aliphatic hydroxyl groups is 3. The Bertz CT molecular complexity index is 96.4. The van der Waals surface area contributed by atoms with Crippen molar-refractivity contribution in [1.29, 1.82) is 0 Å². The van der Waals surface area contributed by atoms with Gasteiger partial charge in [0.1, 0.15) is 12.3 Å². The van der Waals surface area contributed by atoms with Gasteiger partial charge in [0.05, 0.1) is 6.10 Å². The Morgan fingerprint density at radius 3 is 2.00 bits per heavy atom. The molecule has 0 aromatic rings. The van der Waals surface area contributed by atoms with E-state index in [2.05, 4.69) is 0 Å². The molecule has 0 spiro atoms. The van der Waals surface area contributed by atoms with Gasteiger partial charge in [-0.2, -0.15) is 0 Å². The zero-order valence-corrected chi connectivity index (χ0v) is 5.23. The molecule has 4 heteroatoms. The van der Waals surface area contributed by atoms with Gasteiger partial charge in [0.25, 0.3) is 0 Å². The zero-order chi connectivity index (χ0) is 7.02. The molecular weight excluding hydrogens is 122 g/mol. The molecule has 3 N–H and O–H groups in total. The van der Waals surface area contributed by atoms with Gasteiger partial charge in [0, 0.05) is 6.54 Å². The number of likely N-dealkylation sites (N-methyl/N-ethyl adjacent to an activating group) is 1. The molecule has 1 saturated heterocycles. The maximum absolute atomic E-state index is 8.95. The minimum atomic E-state index is -1.00. The summed E-state index contributed by atoms with van der Waals surface area (Å²) < 4.78 is 0. The first-order valence-corrected chi connectivity index (χ1v) is 2.87. The van der Waals surface area contributed by atoms with Gasteiger partial charge in [-0.3, -0.25) is 4.90 Å². The molecule has 54 valence electrons. The van der Waals surface area contributed by atoms with Crippen molar-refractivity contribution in [2.24, 2.45) is 0 Å². The lowest BCUT2D eigenvalue weighted by Crippen LogP contribution is -2.33. The second kappa shape index (κ2) is 2.22. The molecule has 0 aromatic carbocycles. The molecule has 3 atom stereocenters. The summed E-state index contributed by atoms with van der Waals surface area (Å²) >= 11 is 0. The third-order valence-electron chi connectivity index (χ3n) is 1.63. The second-order valence-electron chi connectivity index (χ2n) is 2.41. The fraction of sp³-hybridized carbons (Fsp3) is 1.00. The molecular formula is C5H11NO3. The number of hydrogen-bond acceptors (Lipinski definition) is 4. The van der Waals surface area contributed by atoms with Crippen molar-refractivity contribution in [3.63, 3.8) is 0 Å². The first kappa shape index (κ1) is 6.95. The summed E-state index contributed by atoms with van der Waals surface area (Å²) in [5, 5.41) is 26.7. The van der Waals surface area contributed by atoms with Crippen LogP contribution in [0.4, 0.5) is 0 Å². The van der Waals surface area contributed by atoms with Crippen molar-refractivity contribution in [3.8, 4) is 0 Å². The summed E-state index contributed by atoms with van der Waals surface area (Å²) in [7, 11) is 1.64. The third-order valence-corrected chi connectivity index (χ3v) is 1.63. The highest BCUT2D eigenvalue weighted by Gasteiger charge is 2.35. The van der Waals surface area contributed by atoms with E-state index in [0.717, 1.165) is 0 Å². The van der Waals surface area contributed by atoms with Crippen LogP contribution in [0.2, 0.25) is 0 Å². The highest BCUT2D eigenvalue weighted by molar-refractivity contribution is 4.84. The lowest BCUT2D eigenvalue weighted by atomic mass is 10.2. The van der Waals surface area contributed by atoms with Crippen molar-refractivity contribution in [1.82, 2.24) is 4.90 Å². The highest BCUT2D eigenvalue weighted by Crippen LogP contribution is 2.13. The van der Waals surface area contributed by atoms with E-state index in [-0.39, 0.29) is 0 Å². The van der Waals surface area contributed by atoms with Crippen LogP contribution in [0, 0.1) is 0 Å². The van der Waals surface area contributed by atoms with E-state index in [1.807, 2.05) is 0 Å². The van der Waals surface area contributed by atoms with E-state index >= 15 is 0 Å². The Kier molecular flexibility index (Phi) is 1.72. The molecule has 0 amide bonds. The van der Waals surface area contributed by atoms with Crippen LogP contribution < -0.4 is 0 Å². The molecule has 0 aliphatic carbocycles. The minimum absolute atomic E-state index is 0.336. The van der Waals surface area contributed by atoms with Gasteiger partial charge >= 0.3 is 0 Å². The molecule has 4 nitrogen and oxygen atoms in total. The van der Waals surface area contributed by atoms with Crippen LogP contribution in [0.1, 0.15) is 0 Å². The molecule has 1 aliphatic heterocycles. The standard InChI is InChI=1S/C5H11NO3/c1-6-2-3(7)4(8)5(6)9/h3-5,7-9H,2H2,1H3. The number of aliphatic hydroxyl groups excluding tert-OH is 3. The Hall–Kier alpha value is -0.160. The van der Waals surface area contributed by atoms with Crippen LogP contribution in [-0.2, 0) is 0 Å². The predicted octanol–water partition coefficient (Wildman–Crippen LogP) is -2.03. The Morgan fingerprint density at radius 2 is 1.89 bits per heavy atom. The zero-order valence-electron chi connectivity index (χ0n) is 5.23. The van der Waals surface area contributed by atoms with E-state index < -0.39 is 18.4 Å². The van der Waals surface area contributed by atoms with Crippen molar-refractivity contribution in [3.05, 3.63) is 0 Å². The molecule has 0 bridgehead atoms. The summed E-state index contributed by atoms with van der Waals surface area (Å²) in [6.07, 6.45) is -2.71.